The van der Waals surface area contributed by atoms with E-state index in [4.69, 9.17) is 9.47 Å². The summed E-state index contributed by atoms with van der Waals surface area (Å²) in [6.07, 6.45) is 3.61. The first kappa shape index (κ1) is 13.2. The molecule has 0 aliphatic rings. The van der Waals surface area contributed by atoms with Crippen LogP contribution in [0.5, 0.6) is 11.5 Å². The van der Waals surface area contributed by atoms with Crippen LogP contribution in [0.1, 0.15) is 16.1 Å². The maximum Gasteiger partial charge on any atom is 0.166 e. The Balaban J connectivity index is 2.09. The predicted octanol–water partition coefficient (Wildman–Crippen LogP) is 2.56. The minimum atomic E-state index is 0.695. The second kappa shape index (κ2) is 6.09. The molecule has 2 aromatic rings. The molecule has 1 heterocycles. The minimum absolute atomic E-state index is 0.695. The summed E-state index contributed by atoms with van der Waals surface area (Å²) in [6.45, 7) is 0.760. The van der Waals surface area contributed by atoms with Crippen molar-refractivity contribution in [2.45, 2.75) is 13.0 Å². The summed E-state index contributed by atoms with van der Waals surface area (Å²) in [5.74, 6) is 1.45. The van der Waals surface area contributed by atoms with Crippen molar-refractivity contribution in [2.75, 3.05) is 14.2 Å². The lowest BCUT2D eigenvalue weighted by Crippen LogP contribution is -2.04. The number of aldehydes is 1. The third kappa shape index (κ3) is 2.96. The van der Waals surface area contributed by atoms with E-state index in [1.165, 1.54) is 0 Å². The van der Waals surface area contributed by atoms with Crippen LogP contribution in [0.3, 0.4) is 0 Å². The van der Waals surface area contributed by atoms with Crippen LogP contribution in [-0.2, 0) is 13.0 Å². The van der Waals surface area contributed by atoms with Gasteiger partial charge in [0.1, 0.15) is 0 Å². The number of carbonyl (C=O) groups excluding carboxylic acids is 1. The molecule has 0 radical (unpaired) electrons. The van der Waals surface area contributed by atoms with Gasteiger partial charge in [-0.15, -0.1) is 0 Å². The smallest absolute Gasteiger partial charge is 0.166 e. The van der Waals surface area contributed by atoms with Gasteiger partial charge in [0.25, 0.3) is 0 Å². The van der Waals surface area contributed by atoms with E-state index in [0.717, 1.165) is 36.3 Å². The van der Waals surface area contributed by atoms with Crippen LogP contribution >= 0.6 is 0 Å². The van der Waals surface area contributed by atoms with Crippen LogP contribution in [0.4, 0.5) is 0 Å². The molecule has 0 unspecified atom stereocenters. The molecule has 0 fully saturated rings. The van der Waals surface area contributed by atoms with Crippen LogP contribution in [0.25, 0.3) is 0 Å². The highest BCUT2D eigenvalue weighted by molar-refractivity contribution is 5.72. The maximum absolute atomic E-state index is 10.8. The number of hydrogen-bond donors (Lipinski definition) is 0. The van der Waals surface area contributed by atoms with Crippen LogP contribution in [0, 0.1) is 0 Å². The van der Waals surface area contributed by atoms with Gasteiger partial charge in [-0.3, -0.25) is 4.79 Å². The monoisotopic (exact) mass is 259 g/mol. The Labute approximate surface area is 112 Å². The van der Waals surface area contributed by atoms with Crippen molar-refractivity contribution in [2.24, 2.45) is 0 Å². The lowest BCUT2D eigenvalue weighted by Gasteiger charge is -2.10. The number of nitrogens with zero attached hydrogens (tertiary/aromatic N) is 1. The Hall–Kier alpha value is -2.23. The molecule has 0 N–H and O–H groups in total. The number of methoxy groups -OCH3 is 2. The van der Waals surface area contributed by atoms with E-state index in [1.807, 2.05) is 41.1 Å². The Morgan fingerprint density at radius 1 is 1.16 bits per heavy atom. The molecule has 0 aliphatic heterocycles. The second-order valence-electron chi connectivity index (χ2n) is 4.18. The van der Waals surface area contributed by atoms with E-state index in [0.29, 0.717) is 5.69 Å². The fraction of sp³-hybridized carbons (Fsp3) is 0.267. The summed E-state index contributed by atoms with van der Waals surface area (Å²) < 4.78 is 12.4. The largest absolute Gasteiger partial charge is 0.493 e. The molecular formula is C15H17NO3. The number of carbonyl (C=O) groups is 1. The first-order valence-corrected chi connectivity index (χ1v) is 6.09. The molecule has 1 aromatic carbocycles. The van der Waals surface area contributed by atoms with Crippen molar-refractivity contribution in [1.82, 2.24) is 4.57 Å². The molecule has 0 saturated carbocycles. The van der Waals surface area contributed by atoms with E-state index >= 15 is 0 Å². The van der Waals surface area contributed by atoms with Gasteiger partial charge in [-0.1, -0.05) is 6.07 Å². The first-order chi connectivity index (χ1) is 9.28. The van der Waals surface area contributed by atoms with E-state index in [-0.39, 0.29) is 0 Å². The fourth-order valence-electron chi connectivity index (χ4n) is 2.02. The molecule has 0 amide bonds. The molecule has 1 aromatic heterocycles. The standard InChI is InChI=1S/C15H17NO3/c1-18-14-6-5-12(10-15(14)19-2)7-9-16-8-3-4-13(16)11-17/h3-6,8,10-11H,7,9H2,1-2H3. The molecular weight excluding hydrogens is 242 g/mol. The molecule has 0 saturated heterocycles. The number of aryl methyl sites for hydroxylation is 2. The summed E-state index contributed by atoms with van der Waals surface area (Å²) >= 11 is 0. The summed E-state index contributed by atoms with van der Waals surface area (Å²) in [6, 6.07) is 9.54. The van der Waals surface area contributed by atoms with Gasteiger partial charge in [0.2, 0.25) is 0 Å². The number of rotatable bonds is 6. The molecule has 2 rings (SSSR count). The summed E-state index contributed by atoms with van der Waals surface area (Å²) in [5.41, 5.74) is 1.84. The normalized spacial score (nSPS) is 10.2. The van der Waals surface area contributed by atoms with Gasteiger partial charge in [0.05, 0.1) is 19.9 Å². The highest BCUT2D eigenvalue weighted by Gasteiger charge is 2.05. The van der Waals surface area contributed by atoms with Crippen LogP contribution in [0.2, 0.25) is 0 Å². The Bertz CT molecular complexity index is 560. The molecule has 0 spiro atoms. The van der Waals surface area contributed by atoms with Crippen molar-refractivity contribution in [3.63, 3.8) is 0 Å². The third-order valence-electron chi connectivity index (χ3n) is 3.07. The van der Waals surface area contributed by atoms with Gasteiger partial charge in [0.15, 0.2) is 17.8 Å². The van der Waals surface area contributed by atoms with Crippen molar-refractivity contribution in [3.05, 3.63) is 47.8 Å². The van der Waals surface area contributed by atoms with Crippen LogP contribution < -0.4 is 9.47 Å². The lowest BCUT2D eigenvalue weighted by molar-refractivity contribution is 0.111. The summed E-state index contributed by atoms with van der Waals surface area (Å²) in [4.78, 5) is 10.8. The molecule has 0 atom stereocenters. The van der Waals surface area contributed by atoms with Gasteiger partial charge in [-0.2, -0.15) is 0 Å². The van der Waals surface area contributed by atoms with Crippen molar-refractivity contribution < 1.29 is 14.3 Å². The molecule has 4 nitrogen and oxygen atoms in total. The van der Waals surface area contributed by atoms with Gasteiger partial charge < -0.3 is 14.0 Å². The highest BCUT2D eigenvalue weighted by Crippen LogP contribution is 2.27. The lowest BCUT2D eigenvalue weighted by atomic mass is 10.1. The molecule has 0 bridgehead atoms. The second-order valence-corrected chi connectivity index (χ2v) is 4.18. The zero-order valence-corrected chi connectivity index (χ0v) is 11.1. The fourth-order valence-corrected chi connectivity index (χ4v) is 2.02. The Morgan fingerprint density at radius 2 is 1.95 bits per heavy atom. The maximum atomic E-state index is 10.8. The van der Waals surface area contributed by atoms with E-state index in [9.17, 15) is 4.79 Å². The molecule has 100 valence electrons. The van der Waals surface area contributed by atoms with Gasteiger partial charge in [-0.05, 0) is 36.2 Å². The average Bonchev–Trinajstić information content (AvgIpc) is 2.92. The van der Waals surface area contributed by atoms with Crippen LogP contribution in [0.15, 0.2) is 36.5 Å². The minimum Gasteiger partial charge on any atom is -0.493 e. The number of aromatic nitrogens is 1. The van der Waals surface area contributed by atoms with E-state index < -0.39 is 0 Å². The Morgan fingerprint density at radius 3 is 2.63 bits per heavy atom. The SMILES string of the molecule is COc1ccc(CCn2cccc2C=O)cc1OC. The summed E-state index contributed by atoms with van der Waals surface area (Å²) in [5, 5.41) is 0. The first-order valence-electron chi connectivity index (χ1n) is 6.09. The molecule has 19 heavy (non-hydrogen) atoms. The van der Waals surface area contributed by atoms with E-state index in [1.54, 1.807) is 14.2 Å². The Kier molecular flexibility index (Phi) is 4.23. The van der Waals surface area contributed by atoms with Gasteiger partial charge >= 0.3 is 0 Å². The number of hydrogen-bond acceptors (Lipinski definition) is 3. The van der Waals surface area contributed by atoms with Crippen molar-refractivity contribution >= 4 is 6.29 Å². The van der Waals surface area contributed by atoms with Crippen molar-refractivity contribution in [1.29, 1.82) is 0 Å². The van der Waals surface area contributed by atoms with Gasteiger partial charge in [-0.25, -0.2) is 0 Å². The average molecular weight is 259 g/mol. The zero-order chi connectivity index (χ0) is 13.7. The summed E-state index contributed by atoms with van der Waals surface area (Å²) in [7, 11) is 3.24. The quantitative estimate of drug-likeness (QED) is 0.749. The van der Waals surface area contributed by atoms with Crippen molar-refractivity contribution in [3.8, 4) is 11.5 Å². The van der Waals surface area contributed by atoms with E-state index in [2.05, 4.69) is 0 Å². The molecule has 4 heteroatoms. The predicted molar refractivity (Wildman–Crippen MR) is 73.1 cm³/mol. The topological polar surface area (TPSA) is 40.5 Å². The van der Waals surface area contributed by atoms with Gasteiger partial charge in [0, 0.05) is 12.7 Å². The molecule has 0 aliphatic carbocycles. The third-order valence-corrected chi connectivity index (χ3v) is 3.07. The number of benzene rings is 1. The highest BCUT2D eigenvalue weighted by atomic mass is 16.5. The van der Waals surface area contributed by atoms with Crippen LogP contribution in [-0.4, -0.2) is 25.1 Å². The number of ether oxygens (including phenoxy) is 2. The zero-order valence-electron chi connectivity index (χ0n) is 11.1.